The lowest BCUT2D eigenvalue weighted by molar-refractivity contribution is 0.212. The summed E-state index contributed by atoms with van der Waals surface area (Å²) in [4.78, 5) is 8.27. The number of hydrogen-bond donors (Lipinski definition) is 2. The number of rotatable bonds is 5. The molecule has 6 rings (SSSR count). The highest BCUT2D eigenvalue weighted by molar-refractivity contribution is 7.92. The molecule has 0 radical (unpaired) electrons. The van der Waals surface area contributed by atoms with Crippen molar-refractivity contribution in [3.63, 3.8) is 0 Å². The monoisotopic (exact) mass is 500 g/mol. The van der Waals surface area contributed by atoms with Gasteiger partial charge in [0.1, 0.15) is 5.37 Å². The molecule has 3 aromatic carbocycles. The Morgan fingerprint density at radius 1 is 0.889 bits per heavy atom. The highest BCUT2D eigenvalue weighted by Gasteiger charge is 2.41. The molecule has 2 atom stereocenters. The van der Waals surface area contributed by atoms with E-state index in [4.69, 9.17) is 0 Å². The third-order valence-electron chi connectivity index (χ3n) is 7.68. The van der Waals surface area contributed by atoms with Crippen molar-refractivity contribution in [1.82, 2.24) is 9.88 Å². The molecule has 0 aliphatic carbocycles. The fraction of sp³-hybridized carbons (Fsp3) is 0.310. The molecule has 6 nitrogen and oxygen atoms in total. The molecule has 2 aliphatic heterocycles. The van der Waals surface area contributed by atoms with Crippen molar-refractivity contribution in [1.29, 1.82) is 0 Å². The molecule has 1 saturated heterocycles. The van der Waals surface area contributed by atoms with E-state index in [1.54, 1.807) is 12.1 Å². The number of aromatic nitrogens is 1. The summed E-state index contributed by atoms with van der Waals surface area (Å²) in [5.74, 6) is 0. The molecule has 0 bridgehead atoms. The van der Waals surface area contributed by atoms with E-state index in [1.165, 1.54) is 16.6 Å². The van der Waals surface area contributed by atoms with Crippen LogP contribution in [0.1, 0.15) is 17.5 Å². The molecule has 2 N–H and O–H groups in total. The number of H-pyrrole nitrogens is 1. The Kier molecular flexibility index (Phi) is 5.97. The van der Waals surface area contributed by atoms with Crippen molar-refractivity contribution in [2.24, 2.45) is 0 Å². The van der Waals surface area contributed by atoms with E-state index >= 15 is 0 Å². The standard InChI is InChI=1S/C29H32N4O2S/c1-21-9-12-23(13-10-21)36(34,35)29(27-14-11-22-5-2-3-6-25(22)31-27)33-19-17-32(18-20-33)28-8-4-7-26-24(28)15-16-30-26/h2-10,12-13,15-16,27,29-31H,11,14,17-20H2,1H3. The number of nitrogens with zero attached hydrogens (tertiary/aromatic N) is 2. The first-order chi connectivity index (χ1) is 17.5. The van der Waals surface area contributed by atoms with E-state index in [1.807, 2.05) is 37.4 Å². The van der Waals surface area contributed by atoms with Crippen LogP contribution in [0.25, 0.3) is 10.9 Å². The SMILES string of the molecule is Cc1ccc(S(=O)(=O)C(C2CCc3ccccc3N2)N2CCN(c3cccc4[nH]ccc34)CC2)cc1. The molecular formula is C29H32N4O2S. The van der Waals surface area contributed by atoms with Gasteiger partial charge in [0.2, 0.25) is 0 Å². The Morgan fingerprint density at radius 2 is 1.67 bits per heavy atom. The third kappa shape index (κ3) is 4.16. The minimum atomic E-state index is -3.59. The summed E-state index contributed by atoms with van der Waals surface area (Å²) in [6.07, 6.45) is 3.64. The summed E-state index contributed by atoms with van der Waals surface area (Å²) in [7, 11) is -3.59. The Hall–Kier alpha value is -3.29. The average molecular weight is 501 g/mol. The van der Waals surface area contributed by atoms with E-state index in [0.717, 1.165) is 42.7 Å². The van der Waals surface area contributed by atoms with E-state index in [0.29, 0.717) is 18.0 Å². The Labute approximate surface area is 212 Å². The largest absolute Gasteiger partial charge is 0.379 e. The van der Waals surface area contributed by atoms with Crippen LogP contribution in [0.5, 0.6) is 0 Å². The summed E-state index contributed by atoms with van der Waals surface area (Å²) >= 11 is 0. The molecule has 0 spiro atoms. The average Bonchev–Trinajstić information content (AvgIpc) is 3.39. The Bertz CT molecular complexity index is 1470. The maximum atomic E-state index is 14.1. The molecule has 2 aliphatic rings. The van der Waals surface area contributed by atoms with Crippen LogP contribution in [-0.2, 0) is 16.3 Å². The minimum absolute atomic E-state index is 0.175. The van der Waals surface area contributed by atoms with Gasteiger partial charge in [0.05, 0.1) is 10.9 Å². The van der Waals surface area contributed by atoms with Crippen molar-refractivity contribution < 1.29 is 8.42 Å². The van der Waals surface area contributed by atoms with Crippen molar-refractivity contribution in [3.05, 3.63) is 90.1 Å². The molecule has 7 heteroatoms. The fourth-order valence-corrected chi connectivity index (χ4v) is 7.81. The van der Waals surface area contributed by atoms with Crippen LogP contribution >= 0.6 is 0 Å². The van der Waals surface area contributed by atoms with Crippen LogP contribution < -0.4 is 10.2 Å². The molecule has 1 aromatic heterocycles. The number of hydrogen-bond acceptors (Lipinski definition) is 5. The second kappa shape index (κ2) is 9.30. The fourth-order valence-electron chi connectivity index (χ4n) is 5.77. The quantitative estimate of drug-likeness (QED) is 0.411. The number of aryl methyl sites for hydroxylation is 2. The number of benzene rings is 3. The number of fused-ring (bicyclic) bond motifs is 2. The van der Waals surface area contributed by atoms with Gasteiger partial charge in [0, 0.05) is 54.7 Å². The number of para-hydroxylation sites is 1. The van der Waals surface area contributed by atoms with Crippen LogP contribution in [0, 0.1) is 6.92 Å². The zero-order valence-electron chi connectivity index (χ0n) is 20.5. The molecule has 186 valence electrons. The molecule has 4 aromatic rings. The lowest BCUT2D eigenvalue weighted by Crippen LogP contribution is -2.58. The minimum Gasteiger partial charge on any atom is -0.379 e. The molecule has 0 saturated carbocycles. The second-order valence-electron chi connectivity index (χ2n) is 9.93. The molecule has 2 unspecified atom stereocenters. The smallest absolute Gasteiger partial charge is 0.196 e. The molecule has 0 amide bonds. The first-order valence-corrected chi connectivity index (χ1v) is 14.3. The van der Waals surface area contributed by atoms with Crippen LogP contribution in [0.2, 0.25) is 0 Å². The van der Waals surface area contributed by atoms with Gasteiger partial charge in [-0.3, -0.25) is 4.90 Å². The van der Waals surface area contributed by atoms with Crippen LogP contribution in [0.15, 0.2) is 83.9 Å². The van der Waals surface area contributed by atoms with Gasteiger partial charge in [-0.2, -0.15) is 0 Å². The van der Waals surface area contributed by atoms with Crippen molar-refractivity contribution in [2.45, 2.75) is 36.1 Å². The predicted molar refractivity (Wildman–Crippen MR) is 146 cm³/mol. The van der Waals surface area contributed by atoms with Crippen LogP contribution in [0.4, 0.5) is 11.4 Å². The van der Waals surface area contributed by atoms with Gasteiger partial charge in [0.25, 0.3) is 0 Å². The summed E-state index contributed by atoms with van der Waals surface area (Å²) < 4.78 is 28.3. The zero-order chi connectivity index (χ0) is 24.7. The summed E-state index contributed by atoms with van der Waals surface area (Å²) in [5, 5.41) is 4.19. The van der Waals surface area contributed by atoms with Gasteiger partial charge in [-0.25, -0.2) is 8.42 Å². The van der Waals surface area contributed by atoms with Gasteiger partial charge >= 0.3 is 0 Å². The van der Waals surface area contributed by atoms with Gasteiger partial charge in [-0.1, -0.05) is 42.0 Å². The van der Waals surface area contributed by atoms with Gasteiger partial charge in [-0.05, 0) is 61.7 Å². The molecule has 1 fully saturated rings. The molecule has 3 heterocycles. The Balaban J connectivity index is 1.30. The first kappa shape index (κ1) is 23.1. The Morgan fingerprint density at radius 3 is 2.47 bits per heavy atom. The number of sulfone groups is 1. The topological polar surface area (TPSA) is 68.4 Å². The first-order valence-electron chi connectivity index (χ1n) is 12.7. The van der Waals surface area contributed by atoms with E-state index in [9.17, 15) is 8.42 Å². The van der Waals surface area contributed by atoms with Crippen molar-refractivity contribution >= 4 is 32.1 Å². The maximum Gasteiger partial charge on any atom is 0.196 e. The lowest BCUT2D eigenvalue weighted by Gasteiger charge is -2.44. The second-order valence-corrected chi connectivity index (χ2v) is 12.0. The number of piperazine rings is 1. The third-order valence-corrected chi connectivity index (χ3v) is 9.87. The van der Waals surface area contributed by atoms with Crippen molar-refractivity contribution in [3.8, 4) is 0 Å². The van der Waals surface area contributed by atoms with Gasteiger partial charge in [-0.15, -0.1) is 0 Å². The summed E-state index contributed by atoms with van der Waals surface area (Å²) in [5.41, 5.74) is 5.69. The summed E-state index contributed by atoms with van der Waals surface area (Å²) in [6, 6.07) is 23.8. The molecule has 36 heavy (non-hydrogen) atoms. The zero-order valence-corrected chi connectivity index (χ0v) is 21.3. The maximum absolute atomic E-state index is 14.1. The predicted octanol–water partition coefficient (Wildman–Crippen LogP) is 4.83. The van der Waals surface area contributed by atoms with Gasteiger partial charge < -0.3 is 15.2 Å². The lowest BCUT2D eigenvalue weighted by atomic mass is 9.97. The van der Waals surface area contributed by atoms with E-state index < -0.39 is 15.2 Å². The van der Waals surface area contributed by atoms with Crippen molar-refractivity contribution in [2.75, 3.05) is 36.4 Å². The van der Waals surface area contributed by atoms with Gasteiger partial charge in [0.15, 0.2) is 9.84 Å². The number of nitrogens with one attached hydrogen (secondary N) is 2. The highest BCUT2D eigenvalue weighted by atomic mass is 32.2. The highest BCUT2D eigenvalue weighted by Crippen LogP contribution is 2.33. The van der Waals surface area contributed by atoms with E-state index in [2.05, 4.69) is 56.5 Å². The van der Waals surface area contributed by atoms with Crippen LogP contribution in [0.3, 0.4) is 0 Å². The van der Waals surface area contributed by atoms with E-state index in [-0.39, 0.29) is 6.04 Å². The van der Waals surface area contributed by atoms with Crippen LogP contribution in [-0.4, -0.2) is 55.9 Å². The molecular weight excluding hydrogens is 468 g/mol. The number of aromatic amines is 1. The normalized spacial score (nSPS) is 19.6. The number of anilines is 2. The summed E-state index contributed by atoms with van der Waals surface area (Å²) in [6.45, 7) is 4.94.